The number of nitrogens with one attached hydrogen (secondary N) is 1. The monoisotopic (exact) mass is 794 g/mol. The van der Waals surface area contributed by atoms with E-state index in [1.54, 1.807) is 20.8 Å². The summed E-state index contributed by atoms with van der Waals surface area (Å²) in [5, 5.41) is 0. The Balaban J connectivity index is 1.13. The molecule has 2 N–H and O–H groups in total. The van der Waals surface area contributed by atoms with Crippen LogP contribution in [0.15, 0.2) is 34.9 Å². The van der Waals surface area contributed by atoms with Gasteiger partial charge in [-0.1, -0.05) is 24.5 Å². The van der Waals surface area contributed by atoms with Crippen molar-refractivity contribution < 1.29 is 51.0 Å². The number of carbonyl (C=O) groups excluding carboxylic acids is 1. The summed E-state index contributed by atoms with van der Waals surface area (Å²) >= 11 is 7.59. The number of thiol groups is 2. The second kappa shape index (κ2) is 14.4. The van der Waals surface area contributed by atoms with Crippen molar-refractivity contribution in [2.75, 3.05) is 13.2 Å². The number of alkyl halides is 1. The molecule has 8 atom stereocenters. The van der Waals surface area contributed by atoms with Crippen LogP contribution in [0.25, 0.3) is 22.3 Å². The molecule has 2 aliphatic rings. The Morgan fingerprint density at radius 1 is 1.02 bits per heavy atom. The first-order valence-electron chi connectivity index (χ1n) is 15.2. The van der Waals surface area contributed by atoms with E-state index in [1.807, 2.05) is 0 Å². The van der Waals surface area contributed by atoms with Gasteiger partial charge in [-0.05, 0) is 20.8 Å². The standard InChI is InChI=1S/C26H33FN8O12P2S2/c1-26(2,3)25(38)42-12-33-9-32-21-19(23(33)37)31-10-34(21)17-5-15(16(46-17)7-43-48(39,40)50)47-49(41,51)44-6-13-4-14(27)24(45-13)35-11-30-18-20(35)28-8-29-22(18)36/h8-11,13-17,24H,4-7,12H2,1-3H3,(H,41,51)(H,28,29,36)(H2,39,40,50)/t13-,14+,15-,16+,17+,24+,49?/m0/s1. The number of ether oxygens (including phenoxy) is 3. The van der Waals surface area contributed by atoms with Crippen LogP contribution < -0.4 is 11.1 Å². The first kappa shape index (κ1) is 37.8. The molecule has 0 spiro atoms. The van der Waals surface area contributed by atoms with Crippen molar-refractivity contribution in [1.82, 2.24) is 38.6 Å². The van der Waals surface area contributed by atoms with Crippen molar-refractivity contribution in [1.29, 1.82) is 0 Å². The normalized spacial score (nSPS) is 26.4. The van der Waals surface area contributed by atoms with Gasteiger partial charge in [-0.25, -0.2) is 33.5 Å². The fourth-order valence-electron chi connectivity index (χ4n) is 5.38. The average molecular weight is 795 g/mol. The van der Waals surface area contributed by atoms with E-state index < -0.39 is 86.3 Å². The number of hydrogen-bond donors (Lipinski definition) is 4. The summed E-state index contributed by atoms with van der Waals surface area (Å²) in [6.45, 7) is -4.86. The Morgan fingerprint density at radius 3 is 2.45 bits per heavy atom. The fourth-order valence-corrected chi connectivity index (χ4v) is 7.46. The highest BCUT2D eigenvalue weighted by Gasteiger charge is 2.44. The smallest absolute Gasteiger partial charge is 0.386 e. The molecular weight excluding hydrogens is 761 g/mol. The van der Waals surface area contributed by atoms with Crippen LogP contribution in [0, 0.1) is 5.41 Å². The molecular formula is C26H33FN8O12P2S2. The van der Waals surface area contributed by atoms with E-state index in [1.165, 1.54) is 28.1 Å². The summed E-state index contributed by atoms with van der Waals surface area (Å²) < 4.78 is 77.1. The van der Waals surface area contributed by atoms with E-state index in [-0.39, 0.29) is 41.9 Å². The highest BCUT2D eigenvalue weighted by atomic mass is 32.7. The van der Waals surface area contributed by atoms with Crippen molar-refractivity contribution in [3.05, 3.63) is 46.0 Å². The molecule has 25 heteroatoms. The lowest BCUT2D eigenvalue weighted by molar-refractivity contribution is -0.157. The van der Waals surface area contributed by atoms with Crippen LogP contribution in [0.3, 0.4) is 0 Å². The van der Waals surface area contributed by atoms with E-state index in [4.69, 9.17) is 27.8 Å². The van der Waals surface area contributed by atoms with Gasteiger partial charge in [0.1, 0.15) is 30.9 Å². The Labute approximate surface area is 297 Å². The SMILES string of the molecule is CC(C)(C)C(=O)OCn1cnc2c(ncn2[C@H]2C[C@H](OP(=O)(S)OC[C@@H]3C[C@@H](F)[C@H](n4cnc5c(=O)[nH]cnc54)O3)[C@@H](COP(=O)(O)S)O2)c1=O. The van der Waals surface area contributed by atoms with E-state index in [0.717, 1.165) is 10.9 Å². The maximum absolute atomic E-state index is 15.1. The van der Waals surface area contributed by atoms with Crippen molar-refractivity contribution >= 4 is 66.4 Å². The molecule has 2 saturated heterocycles. The van der Waals surface area contributed by atoms with Gasteiger partial charge in [0.05, 0.1) is 43.7 Å². The number of carbonyl (C=O) groups is 1. The molecule has 51 heavy (non-hydrogen) atoms. The molecule has 6 heterocycles. The lowest BCUT2D eigenvalue weighted by Crippen LogP contribution is -2.28. The second-order valence-corrected chi connectivity index (χ2v) is 18.3. The molecule has 2 unspecified atom stereocenters. The Bertz CT molecular complexity index is 2150. The molecule has 0 bridgehead atoms. The average Bonchev–Trinajstić information content (AvgIpc) is 3.83. The van der Waals surface area contributed by atoms with Gasteiger partial charge < -0.3 is 24.1 Å². The van der Waals surface area contributed by atoms with Crippen molar-refractivity contribution in [2.24, 2.45) is 5.41 Å². The number of nitrogens with zero attached hydrogens (tertiary/aromatic N) is 7. The number of fused-ring (bicyclic) bond motifs is 2. The summed E-state index contributed by atoms with van der Waals surface area (Å²) in [6, 6.07) is 0. The highest BCUT2D eigenvalue weighted by molar-refractivity contribution is 8.44. The van der Waals surface area contributed by atoms with Crippen LogP contribution in [0.4, 0.5) is 4.39 Å². The predicted molar refractivity (Wildman–Crippen MR) is 180 cm³/mol. The topological polar surface area (TPSA) is 243 Å². The third kappa shape index (κ3) is 8.48. The zero-order valence-corrected chi connectivity index (χ0v) is 30.6. The first-order valence-corrected chi connectivity index (χ1v) is 20.6. The van der Waals surface area contributed by atoms with Gasteiger partial charge in [0.15, 0.2) is 35.3 Å². The van der Waals surface area contributed by atoms with Gasteiger partial charge in [-0.3, -0.25) is 41.7 Å². The van der Waals surface area contributed by atoms with E-state index in [0.29, 0.717) is 0 Å². The minimum absolute atomic E-state index is 0.00261. The van der Waals surface area contributed by atoms with Gasteiger partial charge >= 0.3 is 19.6 Å². The minimum Gasteiger partial charge on any atom is -0.443 e. The molecule has 0 radical (unpaired) electrons. The minimum atomic E-state index is -4.28. The quantitative estimate of drug-likeness (QED) is 0.0915. The summed E-state index contributed by atoms with van der Waals surface area (Å²) in [5.41, 5.74) is -1.76. The number of H-pyrrole nitrogens is 1. The van der Waals surface area contributed by atoms with Gasteiger partial charge in [-0.2, -0.15) is 0 Å². The lowest BCUT2D eigenvalue weighted by Gasteiger charge is -2.23. The molecule has 0 aromatic carbocycles. The zero-order chi connectivity index (χ0) is 36.9. The van der Waals surface area contributed by atoms with E-state index in [2.05, 4.69) is 49.4 Å². The molecule has 20 nitrogen and oxygen atoms in total. The molecule has 278 valence electrons. The predicted octanol–water partition coefficient (Wildman–Crippen LogP) is 2.67. The number of aromatic amines is 1. The molecule has 2 aliphatic heterocycles. The summed E-state index contributed by atoms with van der Waals surface area (Å²) in [7, 11) is 0. The van der Waals surface area contributed by atoms with Crippen molar-refractivity contribution in [3.63, 3.8) is 0 Å². The molecule has 0 saturated carbocycles. The summed E-state index contributed by atoms with van der Waals surface area (Å²) in [6.07, 6.45) is -2.28. The van der Waals surface area contributed by atoms with Crippen LogP contribution >= 0.6 is 38.1 Å². The Hall–Kier alpha value is -2.98. The highest BCUT2D eigenvalue weighted by Crippen LogP contribution is 2.57. The van der Waals surface area contributed by atoms with E-state index in [9.17, 15) is 28.4 Å². The number of halogens is 1. The zero-order valence-electron chi connectivity index (χ0n) is 27.0. The first-order chi connectivity index (χ1) is 23.9. The molecule has 0 aliphatic carbocycles. The third-order valence-electron chi connectivity index (χ3n) is 7.86. The maximum atomic E-state index is 15.1. The van der Waals surface area contributed by atoms with Gasteiger partial charge in [0, 0.05) is 12.8 Å². The Morgan fingerprint density at radius 2 is 1.73 bits per heavy atom. The second-order valence-electron chi connectivity index (χ2n) is 12.7. The largest absolute Gasteiger partial charge is 0.443 e. The van der Waals surface area contributed by atoms with Gasteiger partial charge in [0.2, 0.25) is 0 Å². The number of esters is 1. The number of imidazole rings is 2. The summed E-state index contributed by atoms with van der Waals surface area (Å²) in [5.74, 6) is -0.524. The summed E-state index contributed by atoms with van der Waals surface area (Å²) in [4.78, 5) is 65.7. The number of aromatic nitrogens is 8. The van der Waals surface area contributed by atoms with Crippen LogP contribution in [0.1, 0.15) is 46.1 Å². The van der Waals surface area contributed by atoms with Gasteiger partial charge in [0.25, 0.3) is 11.1 Å². The van der Waals surface area contributed by atoms with Crippen LogP contribution in [-0.2, 0) is 48.4 Å². The maximum Gasteiger partial charge on any atom is 0.386 e. The van der Waals surface area contributed by atoms with Crippen LogP contribution in [0.2, 0.25) is 0 Å². The van der Waals surface area contributed by atoms with Crippen LogP contribution in [-0.4, -0.2) is 87.2 Å². The fraction of sp³-hybridized carbons (Fsp3) is 0.577. The Kier molecular flexibility index (Phi) is 10.7. The number of hydrogen-bond acceptors (Lipinski definition) is 15. The van der Waals surface area contributed by atoms with Gasteiger partial charge in [-0.15, -0.1) is 0 Å². The number of rotatable bonds is 12. The van der Waals surface area contributed by atoms with E-state index >= 15 is 4.39 Å². The third-order valence-corrected chi connectivity index (χ3v) is 10.3. The molecule has 2 fully saturated rings. The molecule has 4 aromatic heterocycles. The van der Waals surface area contributed by atoms with Crippen molar-refractivity contribution in [2.45, 2.75) is 77.3 Å². The molecule has 6 rings (SSSR count). The molecule has 4 aromatic rings. The van der Waals surface area contributed by atoms with Crippen LogP contribution in [0.5, 0.6) is 0 Å². The lowest BCUT2D eigenvalue weighted by atomic mass is 9.98. The molecule has 0 amide bonds. The van der Waals surface area contributed by atoms with Crippen molar-refractivity contribution in [3.8, 4) is 0 Å².